The summed E-state index contributed by atoms with van der Waals surface area (Å²) >= 11 is 2.10. The van der Waals surface area contributed by atoms with Gasteiger partial charge in [0.15, 0.2) is 0 Å². The smallest absolute Gasteiger partial charge is 0.264 e. The minimum Gasteiger partial charge on any atom is -0.334 e. The first-order valence-corrected chi connectivity index (χ1v) is 31.0. The van der Waals surface area contributed by atoms with Crippen molar-refractivity contribution in [3.05, 3.63) is 148 Å². The summed E-state index contributed by atoms with van der Waals surface area (Å²) in [5.41, 5.74) is 25.8. The number of hydrogen-bond donors (Lipinski definition) is 0. The lowest BCUT2D eigenvalue weighted by atomic mass is 9.36. The number of anilines is 8. The molecule has 2 fully saturated rings. The Bertz CT molecular complexity index is 3720. The Hall–Kier alpha value is -5.26. The van der Waals surface area contributed by atoms with Crippen LogP contribution in [0.2, 0.25) is 0 Å². The standard InChI is InChI=1S/C73H86BN3S/c1-65(2,3)44-20-24-47(25-21-44)75-58-29-23-46(67(7,8)9)37-56(58)74-62-59(75)39-49(77-57-28-22-45(66(4,5)6)36-55(57)72(16)30-18-19-31-73(72,77)17)40-60(62)76(48-26-27-51-52(38-48)69(12,13)33-32-68(51,10)11)63-50-41-53-54(42-61(50)78-64(63)74)71(15)35-34-70(53,14)43-71/h20-29,36-42H,18-19,30-35,43H2,1-17H3. The molecule has 4 atom stereocenters. The summed E-state index contributed by atoms with van der Waals surface area (Å²) in [6.45, 7) is 41.8. The molecule has 0 spiro atoms. The van der Waals surface area contributed by atoms with E-state index in [2.05, 4.69) is 247 Å². The van der Waals surface area contributed by atoms with Gasteiger partial charge in [-0.15, -0.1) is 11.3 Å². The minimum atomic E-state index is -0.135. The predicted octanol–water partition coefficient (Wildman–Crippen LogP) is 18.7. The Morgan fingerprint density at radius 3 is 1.67 bits per heavy atom. The van der Waals surface area contributed by atoms with Gasteiger partial charge in [0.1, 0.15) is 0 Å². The van der Waals surface area contributed by atoms with Crippen molar-refractivity contribution in [2.24, 2.45) is 0 Å². The van der Waals surface area contributed by atoms with E-state index < -0.39 is 0 Å². The van der Waals surface area contributed by atoms with Crippen LogP contribution in [-0.4, -0.2) is 12.3 Å². The van der Waals surface area contributed by atoms with Crippen molar-refractivity contribution in [1.29, 1.82) is 0 Å². The molecule has 3 nitrogen and oxygen atoms in total. The van der Waals surface area contributed by atoms with Gasteiger partial charge in [-0.05, 0) is 206 Å². The normalized spacial score (nSPS) is 26.1. The first-order chi connectivity index (χ1) is 36.5. The monoisotopic (exact) mass is 1050 g/mol. The Labute approximate surface area is 473 Å². The molecule has 6 aromatic carbocycles. The van der Waals surface area contributed by atoms with Gasteiger partial charge in [-0.1, -0.05) is 166 Å². The van der Waals surface area contributed by atoms with Gasteiger partial charge in [0.25, 0.3) is 6.71 Å². The molecule has 14 rings (SSSR count). The molecular formula is C73H86BN3S. The highest BCUT2D eigenvalue weighted by Gasteiger charge is 2.59. The van der Waals surface area contributed by atoms with Crippen LogP contribution in [-0.2, 0) is 43.3 Å². The summed E-state index contributed by atoms with van der Waals surface area (Å²) in [5, 5.41) is 1.43. The molecule has 7 aromatic rings. The lowest BCUT2D eigenvalue weighted by Gasteiger charge is -2.51. The molecule has 1 aromatic heterocycles. The van der Waals surface area contributed by atoms with Gasteiger partial charge in [-0.2, -0.15) is 0 Å². The molecule has 2 bridgehead atoms. The van der Waals surface area contributed by atoms with E-state index >= 15 is 0 Å². The summed E-state index contributed by atoms with van der Waals surface area (Å²) in [6.07, 6.45) is 11.0. The van der Waals surface area contributed by atoms with Crippen molar-refractivity contribution >= 4 is 89.3 Å². The molecule has 2 saturated carbocycles. The summed E-state index contributed by atoms with van der Waals surface area (Å²) in [7, 11) is 0. The molecule has 3 aliphatic heterocycles. The number of rotatable bonds is 3. The highest BCUT2D eigenvalue weighted by Crippen LogP contribution is 2.65. The highest BCUT2D eigenvalue weighted by atomic mass is 32.1. The molecule has 402 valence electrons. The Kier molecular flexibility index (Phi) is 10.3. The van der Waals surface area contributed by atoms with E-state index in [0.717, 1.165) is 6.42 Å². The summed E-state index contributed by atoms with van der Waals surface area (Å²) in [6, 6.07) is 43.4. The first kappa shape index (κ1) is 50.9. The lowest BCUT2D eigenvalue weighted by Crippen LogP contribution is -2.61. The molecule has 4 aliphatic carbocycles. The van der Waals surface area contributed by atoms with E-state index in [1.54, 1.807) is 11.1 Å². The SMILES string of the molecule is CC(C)(C)c1ccc(N2c3ccc(C(C)(C)C)cc3B3c4sc5cc6c(cc5c4N(c4ccc5c(c4)C(C)(C)CCC5(C)C)c4cc(N5c7ccc(C(C)(C)C)cc7C7(C)CCCCC57C)cc2c43)C2(C)CCC6(C)C2)cc1. The number of hydrogen-bond acceptors (Lipinski definition) is 4. The second kappa shape index (κ2) is 15.8. The van der Waals surface area contributed by atoms with Crippen LogP contribution in [0.5, 0.6) is 0 Å². The van der Waals surface area contributed by atoms with Crippen LogP contribution in [0.3, 0.4) is 0 Å². The molecule has 0 saturated heterocycles. The molecule has 0 amide bonds. The van der Waals surface area contributed by atoms with Gasteiger partial charge in [0, 0.05) is 60.1 Å². The maximum absolute atomic E-state index is 2.88. The lowest BCUT2D eigenvalue weighted by molar-refractivity contribution is 0.195. The van der Waals surface area contributed by atoms with Crippen LogP contribution in [0.15, 0.2) is 103 Å². The topological polar surface area (TPSA) is 9.72 Å². The summed E-state index contributed by atoms with van der Waals surface area (Å²) < 4.78 is 2.93. The second-order valence-electron chi connectivity index (χ2n) is 31.5. The highest BCUT2D eigenvalue weighted by molar-refractivity contribution is 7.33. The van der Waals surface area contributed by atoms with Crippen molar-refractivity contribution in [3.63, 3.8) is 0 Å². The summed E-state index contributed by atoms with van der Waals surface area (Å²) in [4.78, 5) is 8.40. The third kappa shape index (κ3) is 6.87. The molecule has 7 aliphatic rings. The number of fused-ring (bicyclic) bond motifs is 15. The molecule has 0 radical (unpaired) electrons. The van der Waals surface area contributed by atoms with E-state index in [0.29, 0.717) is 0 Å². The Balaban J connectivity index is 1.13. The van der Waals surface area contributed by atoms with Crippen molar-refractivity contribution in [2.45, 2.75) is 224 Å². The van der Waals surface area contributed by atoms with E-state index in [4.69, 9.17) is 0 Å². The van der Waals surface area contributed by atoms with Crippen LogP contribution in [0.1, 0.15) is 220 Å². The van der Waals surface area contributed by atoms with Crippen LogP contribution in [0.25, 0.3) is 10.1 Å². The zero-order valence-corrected chi connectivity index (χ0v) is 51.3. The molecule has 4 unspecified atom stereocenters. The molecule has 78 heavy (non-hydrogen) atoms. The Morgan fingerprint density at radius 1 is 0.449 bits per heavy atom. The average molecular weight is 1050 g/mol. The van der Waals surface area contributed by atoms with Crippen LogP contribution < -0.4 is 30.4 Å². The van der Waals surface area contributed by atoms with Crippen molar-refractivity contribution in [2.75, 3.05) is 14.7 Å². The van der Waals surface area contributed by atoms with E-state index in [1.807, 2.05) is 0 Å². The van der Waals surface area contributed by atoms with Gasteiger partial charge >= 0.3 is 0 Å². The second-order valence-corrected chi connectivity index (χ2v) is 32.5. The van der Waals surface area contributed by atoms with Gasteiger partial charge in [0.05, 0.1) is 11.2 Å². The summed E-state index contributed by atoms with van der Waals surface area (Å²) in [5.74, 6) is 0. The maximum atomic E-state index is 2.88. The largest absolute Gasteiger partial charge is 0.334 e. The fourth-order valence-corrected chi connectivity index (χ4v) is 18.5. The van der Waals surface area contributed by atoms with Gasteiger partial charge in [-0.25, -0.2) is 0 Å². The molecule has 4 heterocycles. The number of thiophene rings is 1. The quantitative estimate of drug-likeness (QED) is 0.163. The van der Waals surface area contributed by atoms with Crippen LogP contribution in [0.4, 0.5) is 45.5 Å². The number of benzene rings is 6. The third-order valence-electron chi connectivity index (χ3n) is 22.3. The third-order valence-corrected chi connectivity index (χ3v) is 23.5. The van der Waals surface area contributed by atoms with Crippen molar-refractivity contribution in [3.8, 4) is 0 Å². The zero-order valence-electron chi connectivity index (χ0n) is 50.5. The van der Waals surface area contributed by atoms with Crippen molar-refractivity contribution < 1.29 is 0 Å². The first-order valence-electron chi connectivity index (χ1n) is 30.2. The van der Waals surface area contributed by atoms with E-state index in [-0.39, 0.29) is 55.6 Å². The van der Waals surface area contributed by atoms with Gasteiger partial charge in [0.2, 0.25) is 0 Å². The number of nitrogens with zero attached hydrogens (tertiary/aromatic N) is 3. The molecule has 5 heteroatoms. The van der Waals surface area contributed by atoms with E-state index in [1.165, 1.54) is 156 Å². The molecular weight excluding hydrogens is 962 g/mol. The van der Waals surface area contributed by atoms with Gasteiger partial charge < -0.3 is 14.7 Å². The fourth-order valence-electron chi connectivity index (χ4n) is 17.1. The van der Waals surface area contributed by atoms with Gasteiger partial charge in [-0.3, -0.25) is 0 Å². The van der Waals surface area contributed by atoms with Crippen molar-refractivity contribution in [1.82, 2.24) is 0 Å². The Morgan fingerprint density at radius 2 is 1.01 bits per heavy atom. The van der Waals surface area contributed by atoms with Crippen LogP contribution in [0, 0.1) is 0 Å². The van der Waals surface area contributed by atoms with Crippen LogP contribution >= 0.6 is 11.3 Å². The maximum Gasteiger partial charge on any atom is 0.264 e. The minimum absolute atomic E-state index is 0.0181. The predicted molar refractivity (Wildman–Crippen MR) is 339 cm³/mol. The average Bonchev–Trinajstić information content (AvgIpc) is 3.91. The molecule has 0 N–H and O–H groups in total. The fraction of sp³-hybridized carbons (Fsp3) is 0.479. The van der Waals surface area contributed by atoms with E-state index in [9.17, 15) is 0 Å². The zero-order chi connectivity index (χ0) is 55.0.